The van der Waals surface area contributed by atoms with Gasteiger partial charge in [-0.25, -0.2) is 0 Å². The molecule has 2 aromatic rings. The van der Waals surface area contributed by atoms with Gasteiger partial charge in [0.1, 0.15) is 0 Å². The van der Waals surface area contributed by atoms with Crippen molar-refractivity contribution in [3.05, 3.63) is 27.8 Å². The highest BCUT2D eigenvalue weighted by molar-refractivity contribution is 7.11. The topological polar surface area (TPSA) is 63.0 Å². The third kappa shape index (κ3) is 4.04. The minimum atomic E-state index is 0.0898. The van der Waals surface area contributed by atoms with Crippen LogP contribution in [0.15, 0.2) is 16.5 Å². The SMILES string of the molecule is CCCNC(C)c1nnc(NCc2ccc(C)s2)o1. The van der Waals surface area contributed by atoms with Crippen molar-refractivity contribution >= 4 is 17.4 Å². The number of anilines is 1. The van der Waals surface area contributed by atoms with Gasteiger partial charge in [0.15, 0.2) is 0 Å². The van der Waals surface area contributed by atoms with Crippen molar-refractivity contribution in [1.82, 2.24) is 15.5 Å². The molecule has 104 valence electrons. The molecule has 0 bridgehead atoms. The summed E-state index contributed by atoms with van der Waals surface area (Å²) >= 11 is 1.77. The van der Waals surface area contributed by atoms with Gasteiger partial charge in [-0.1, -0.05) is 12.0 Å². The van der Waals surface area contributed by atoms with Crippen LogP contribution in [0.5, 0.6) is 0 Å². The van der Waals surface area contributed by atoms with E-state index in [4.69, 9.17) is 4.42 Å². The molecule has 19 heavy (non-hydrogen) atoms. The van der Waals surface area contributed by atoms with Crippen molar-refractivity contribution in [2.75, 3.05) is 11.9 Å². The molecule has 0 radical (unpaired) electrons. The molecule has 2 heterocycles. The van der Waals surface area contributed by atoms with Crippen LogP contribution < -0.4 is 10.6 Å². The minimum absolute atomic E-state index is 0.0898. The highest BCUT2D eigenvalue weighted by Gasteiger charge is 2.12. The van der Waals surface area contributed by atoms with Crippen LogP contribution in [0.25, 0.3) is 0 Å². The number of aryl methyl sites for hydroxylation is 1. The molecular formula is C13H20N4OS. The van der Waals surface area contributed by atoms with E-state index in [1.165, 1.54) is 9.75 Å². The van der Waals surface area contributed by atoms with Gasteiger partial charge in [0, 0.05) is 9.75 Å². The summed E-state index contributed by atoms with van der Waals surface area (Å²) in [4.78, 5) is 2.56. The maximum atomic E-state index is 5.58. The Bertz CT molecular complexity index is 508. The third-order valence-corrected chi connectivity index (χ3v) is 3.72. The lowest BCUT2D eigenvalue weighted by Gasteiger charge is -2.07. The summed E-state index contributed by atoms with van der Waals surface area (Å²) in [5, 5.41) is 14.5. The monoisotopic (exact) mass is 280 g/mol. The number of hydrogen-bond donors (Lipinski definition) is 2. The Hall–Kier alpha value is -1.40. The quantitative estimate of drug-likeness (QED) is 0.816. The van der Waals surface area contributed by atoms with Crippen molar-refractivity contribution in [3.8, 4) is 0 Å². The highest BCUT2D eigenvalue weighted by Crippen LogP contribution is 2.18. The first-order chi connectivity index (χ1) is 9.19. The lowest BCUT2D eigenvalue weighted by molar-refractivity contribution is 0.423. The molecule has 0 amide bonds. The molecule has 1 atom stereocenters. The molecule has 2 aromatic heterocycles. The molecule has 0 aromatic carbocycles. The van der Waals surface area contributed by atoms with Crippen LogP contribution in [0.3, 0.4) is 0 Å². The molecule has 0 fully saturated rings. The second-order valence-electron chi connectivity index (χ2n) is 4.49. The van der Waals surface area contributed by atoms with Crippen LogP contribution in [0.4, 0.5) is 6.01 Å². The van der Waals surface area contributed by atoms with Gasteiger partial charge in [0.25, 0.3) is 0 Å². The maximum Gasteiger partial charge on any atom is 0.315 e. The Labute approximate surface area is 117 Å². The van der Waals surface area contributed by atoms with E-state index in [0.717, 1.165) is 19.5 Å². The van der Waals surface area contributed by atoms with Crippen LogP contribution in [-0.4, -0.2) is 16.7 Å². The number of aromatic nitrogens is 2. The first-order valence-corrected chi connectivity index (χ1v) is 7.36. The molecule has 6 heteroatoms. The summed E-state index contributed by atoms with van der Waals surface area (Å²) in [5.41, 5.74) is 0. The predicted molar refractivity (Wildman–Crippen MR) is 77.4 cm³/mol. The predicted octanol–water partition coefficient (Wildman–Crippen LogP) is 3.11. The van der Waals surface area contributed by atoms with Crippen LogP contribution in [0.1, 0.15) is 42.0 Å². The molecule has 0 aliphatic carbocycles. The zero-order valence-electron chi connectivity index (χ0n) is 11.6. The van der Waals surface area contributed by atoms with E-state index in [0.29, 0.717) is 11.9 Å². The van der Waals surface area contributed by atoms with Gasteiger partial charge in [0.05, 0.1) is 12.6 Å². The molecule has 1 unspecified atom stereocenters. The molecule has 0 spiro atoms. The van der Waals surface area contributed by atoms with E-state index >= 15 is 0 Å². The Kier molecular flexibility index (Phi) is 4.93. The van der Waals surface area contributed by atoms with Gasteiger partial charge < -0.3 is 15.1 Å². The summed E-state index contributed by atoms with van der Waals surface area (Å²) in [5.74, 6) is 0.623. The number of nitrogens with zero attached hydrogens (tertiary/aromatic N) is 2. The Balaban J connectivity index is 1.86. The van der Waals surface area contributed by atoms with E-state index in [1.54, 1.807) is 11.3 Å². The average molecular weight is 280 g/mol. The number of rotatable bonds is 7. The zero-order chi connectivity index (χ0) is 13.7. The summed E-state index contributed by atoms with van der Waals surface area (Å²) < 4.78 is 5.58. The van der Waals surface area contributed by atoms with Crippen molar-refractivity contribution < 1.29 is 4.42 Å². The van der Waals surface area contributed by atoms with Crippen molar-refractivity contribution in [2.24, 2.45) is 0 Å². The van der Waals surface area contributed by atoms with Crippen molar-refractivity contribution in [3.63, 3.8) is 0 Å². The molecule has 2 N–H and O–H groups in total. The smallest absolute Gasteiger partial charge is 0.315 e. The van der Waals surface area contributed by atoms with Gasteiger partial charge >= 0.3 is 6.01 Å². The van der Waals surface area contributed by atoms with Gasteiger partial charge in [-0.15, -0.1) is 16.4 Å². The van der Waals surface area contributed by atoms with Crippen LogP contribution >= 0.6 is 11.3 Å². The fourth-order valence-corrected chi connectivity index (χ4v) is 2.50. The molecule has 0 saturated carbocycles. The van der Waals surface area contributed by atoms with Crippen LogP contribution in [-0.2, 0) is 6.54 Å². The van der Waals surface area contributed by atoms with Crippen molar-refractivity contribution in [1.29, 1.82) is 0 Å². The molecule has 0 saturated heterocycles. The second kappa shape index (κ2) is 6.68. The fourth-order valence-electron chi connectivity index (χ4n) is 1.67. The summed E-state index contributed by atoms with van der Waals surface area (Å²) in [6.07, 6.45) is 1.08. The number of hydrogen-bond acceptors (Lipinski definition) is 6. The second-order valence-corrected chi connectivity index (χ2v) is 5.86. The van der Waals surface area contributed by atoms with Crippen LogP contribution in [0, 0.1) is 6.92 Å². The standard InChI is InChI=1S/C13H20N4OS/c1-4-7-14-10(3)12-16-17-13(18-12)15-8-11-6-5-9(2)19-11/h5-6,10,14H,4,7-8H2,1-3H3,(H,15,17). The summed E-state index contributed by atoms with van der Waals surface area (Å²) in [6.45, 7) is 7.91. The van der Waals surface area contributed by atoms with E-state index in [-0.39, 0.29) is 6.04 Å². The zero-order valence-corrected chi connectivity index (χ0v) is 12.4. The average Bonchev–Trinajstić information content (AvgIpc) is 3.02. The Morgan fingerprint density at radius 1 is 1.37 bits per heavy atom. The Morgan fingerprint density at radius 2 is 2.21 bits per heavy atom. The van der Waals surface area contributed by atoms with Crippen LogP contribution in [0.2, 0.25) is 0 Å². The van der Waals surface area contributed by atoms with Gasteiger partial charge in [-0.05, 0) is 38.9 Å². The van der Waals surface area contributed by atoms with E-state index in [9.17, 15) is 0 Å². The van der Waals surface area contributed by atoms with E-state index in [2.05, 4.69) is 46.8 Å². The fraction of sp³-hybridized carbons (Fsp3) is 0.538. The van der Waals surface area contributed by atoms with Gasteiger partial charge in [-0.2, -0.15) is 0 Å². The lowest BCUT2D eigenvalue weighted by atomic mass is 10.3. The summed E-state index contributed by atoms with van der Waals surface area (Å²) in [7, 11) is 0. The molecule has 0 aliphatic rings. The first kappa shape index (κ1) is 14.0. The first-order valence-electron chi connectivity index (χ1n) is 6.55. The number of nitrogens with one attached hydrogen (secondary N) is 2. The largest absolute Gasteiger partial charge is 0.406 e. The van der Waals surface area contributed by atoms with Crippen molar-refractivity contribution in [2.45, 2.75) is 39.8 Å². The molecule has 0 aliphatic heterocycles. The lowest BCUT2D eigenvalue weighted by Crippen LogP contribution is -2.19. The number of thiophene rings is 1. The minimum Gasteiger partial charge on any atom is -0.406 e. The molecular weight excluding hydrogens is 260 g/mol. The van der Waals surface area contributed by atoms with Gasteiger partial charge in [0.2, 0.25) is 5.89 Å². The normalized spacial score (nSPS) is 12.6. The maximum absolute atomic E-state index is 5.58. The Morgan fingerprint density at radius 3 is 2.89 bits per heavy atom. The summed E-state index contributed by atoms with van der Waals surface area (Å²) in [6, 6.07) is 4.78. The van der Waals surface area contributed by atoms with E-state index in [1.807, 2.05) is 6.92 Å². The highest BCUT2D eigenvalue weighted by atomic mass is 32.1. The molecule has 2 rings (SSSR count). The molecule has 5 nitrogen and oxygen atoms in total. The third-order valence-electron chi connectivity index (χ3n) is 2.72. The van der Waals surface area contributed by atoms with Gasteiger partial charge in [-0.3, -0.25) is 0 Å². The van der Waals surface area contributed by atoms with E-state index < -0.39 is 0 Å².